The summed E-state index contributed by atoms with van der Waals surface area (Å²) in [5.41, 5.74) is 1.83. The van der Waals surface area contributed by atoms with Crippen LogP contribution in [0.2, 0.25) is 5.02 Å². The summed E-state index contributed by atoms with van der Waals surface area (Å²) in [4.78, 5) is 2.32. The van der Waals surface area contributed by atoms with E-state index in [1.54, 1.807) is 12.3 Å². The Hall–Kier alpha value is -2.40. The number of halogens is 1. The summed E-state index contributed by atoms with van der Waals surface area (Å²) in [5, 5.41) is 17.5. The van der Waals surface area contributed by atoms with Gasteiger partial charge >= 0.3 is 0 Å². The number of hydrogen-bond acceptors (Lipinski definition) is 5. The highest BCUT2D eigenvalue weighted by atomic mass is 35.5. The van der Waals surface area contributed by atoms with E-state index in [4.69, 9.17) is 16.3 Å². The number of benzene rings is 2. The molecule has 0 amide bonds. The molecule has 0 aliphatic carbocycles. The average molecular weight is 360 g/mol. The molecule has 5 nitrogen and oxygen atoms in total. The quantitative estimate of drug-likeness (QED) is 0.829. The molecular formula is C19H22ClN3O2. The monoisotopic (exact) mass is 359 g/mol. The van der Waals surface area contributed by atoms with Crippen molar-refractivity contribution in [3.63, 3.8) is 0 Å². The van der Waals surface area contributed by atoms with Gasteiger partial charge in [0.25, 0.3) is 0 Å². The summed E-state index contributed by atoms with van der Waals surface area (Å²) in [6.45, 7) is 5.84. The number of rotatable bonds is 5. The minimum absolute atomic E-state index is 0.132. The Kier molecular flexibility index (Phi) is 5.66. The predicted octanol–water partition coefficient (Wildman–Crippen LogP) is 3.60. The Bertz CT molecular complexity index is 726. The van der Waals surface area contributed by atoms with Crippen molar-refractivity contribution in [1.29, 1.82) is 0 Å². The molecule has 2 aromatic carbocycles. The van der Waals surface area contributed by atoms with Crippen molar-refractivity contribution in [1.82, 2.24) is 5.01 Å². The zero-order valence-electron chi connectivity index (χ0n) is 14.2. The van der Waals surface area contributed by atoms with E-state index in [1.165, 1.54) is 5.69 Å². The van der Waals surface area contributed by atoms with E-state index >= 15 is 0 Å². The molecule has 25 heavy (non-hydrogen) atoms. The second-order valence-electron chi connectivity index (χ2n) is 5.79. The van der Waals surface area contributed by atoms with E-state index in [-0.39, 0.29) is 5.75 Å². The van der Waals surface area contributed by atoms with Gasteiger partial charge in [0.05, 0.1) is 25.9 Å². The van der Waals surface area contributed by atoms with E-state index in [1.807, 2.05) is 48.3 Å². The molecule has 2 aromatic rings. The van der Waals surface area contributed by atoms with Gasteiger partial charge in [-0.1, -0.05) is 17.7 Å². The van der Waals surface area contributed by atoms with Crippen molar-refractivity contribution in [3.05, 3.63) is 53.1 Å². The number of hydrazone groups is 1. The number of ether oxygens (including phenoxy) is 1. The van der Waals surface area contributed by atoms with Crippen LogP contribution in [-0.4, -0.2) is 49.1 Å². The summed E-state index contributed by atoms with van der Waals surface area (Å²) in [6.07, 6.45) is 1.69. The minimum atomic E-state index is 0.132. The van der Waals surface area contributed by atoms with Gasteiger partial charge in [0, 0.05) is 29.4 Å². The molecule has 1 aliphatic rings. The van der Waals surface area contributed by atoms with Gasteiger partial charge in [-0.05, 0) is 43.3 Å². The van der Waals surface area contributed by atoms with Gasteiger partial charge in [0.15, 0.2) is 11.5 Å². The molecule has 1 N–H and O–H groups in total. The number of anilines is 1. The van der Waals surface area contributed by atoms with Gasteiger partial charge in [0.1, 0.15) is 0 Å². The first kappa shape index (κ1) is 17.4. The van der Waals surface area contributed by atoms with Crippen LogP contribution < -0.4 is 9.64 Å². The highest BCUT2D eigenvalue weighted by Gasteiger charge is 2.16. The molecule has 3 rings (SSSR count). The molecule has 0 unspecified atom stereocenters. The lowest BCUT2D eigenvalue weighted by atomic mass is 10.2. The van der Waals surface area contributed by atoms with E-state index in [0.29, 0.717) is 17.9 Å². The number of hydrogen-bond donors (Lipinski definition) is 1. The Morgan fingerprint density at radius 3 is 2.52 bits per heavy atom. The molecule has 0 bridgehead atoms. The molecule has 0 atom stereocenters. The molecule has 0 radical (unpaired) electrons. The van der Waals surface area contributed by atoms with Gasteiger partial charge < -0.3 is 14.7 Å². The largest absolute Gasteiger partial charge is 0.504 e. The molecule has 132 valence electrons. The van der Waals surface area contributed by atoms with Crippen LogP contribution in [0.3, 0.4) is 0 Å². The van der Waals surface area contributed by atoms with E-state index in [9.17, 15) is 5.11 Å². The lowest BCUT2D eigenvalue weighted by molar-refractivity contribution is 0.272. The number of aromatic hydroxyl groups is 1. The first-order valence-electron chi connectivity index (χ1n) is 8.41. The molecule has 1 heterocycles. The Labute approximate surface area is 153 Å². The fraction of sp³-hybridized carbons (Fsp3) is 0.316. The molecule has 1 saturated heterocycles. The number of phenolic OH excluding ortho intramolecular Hbond substituents is 1. The number of para-hydroxylation sites is 1. The third-order valence-electron chi connectivity index (χ3n) is 4.14. The smallest absolute Gasteiger partial charge is 0.166 e. The third kappa shape index (κ3) is 4.37. The first-order chi connectivity index (χ1) is 12.2. The summed E-state index contributed by atoms with van der Waals surface area (Å²) in [6, 6.07) is 13.3. The van der Waals surface area contributed by atoms with Crippen LogP contribution in [-0.2, 0) is 0 Å². The Morgan fingerprint density at radius 2 is 1.84 bits per heavy atom. The molecule has 0 spiro atoms. The predicted molar refractivity (Wildman–Crippen MR) is 102 cm³/mol. The van der Waals surface area contributed by atoms with Crippen molar-refractivity contribution in [3.8, 4) is 11.5 Å². The summed E-state index contributed by atoms with van der Waals surface area (Å²) in [5.74, 6) is 0.618. The Balaban J connectivity index is 1.59. The number of phenols is 1. The zero-order valence-corrected chi connectivity index (χ0v) is 15.0. The molecule has 1 fully saturated rings. The van der Waals surface area contributed by atoms with Crippen LogP contribution in [0.1, 0.15) is 12.5 Å². The SMILES string of the molecule is CCOc1cccc(C=NN2CCN(c3ccc(Cl)cc3)CC2)c1O. The van der Waals surface area contributed by atoms with Crippen LogP contribution in [0.15, 0.2) is 47.6 Å². The molecule has 1 aliphatic heterocycles. The molecule has 0 aromatic heterocycles. The molecule has 6 heteroatoms. The van der Waals surface area contributed by atoms with Gasteiger partial charge in [-0.25, -0.2) is 0 Å². The third-order valence-corrected chi connectivity index (χ3v) is 4.39. The topological polar surface area (TPSA) is 48.3 Å². The van der Waals surface area contributed by atoms with E-state index in [2.05, 4.69) is 10.0 Å². The van der Waals surface area contributed by atoms with Crippen LogP contribution in [0.5, 0.6) is 11.5 Å². The van der Waals surface area contributed by atoms with Crippen molar-refractivity contribution in [2.75, 3.05) is 37.7 Å². The summed E-state index contributed by atoms with van der Waals surface area (Å²) >= 11 is 5.94. The highest BCUT2D eigenvalue weighted by Crippen LogP contribution is 2.28. The minimum Gasteiger partial charge on any atom is -0.504 e. The fourth-order valence-electron chi connectivity index (χ4n) is 2.78. The summed E-state index contributed by atoms with van der Waals surface area (Å²) < 4.78 is 5.40. The lowest BCUT2D eigenvalue weighted by Gasteiger charge is -2.34. The van der Waals surface area contributed by atoms with Gasteiger partial charge in [-0.2, -0.15) is 5.10 Å². The van der Waals surface area contributed by atoms with Crippen LogP contribution in [0.4, 0.5) is 5.69 Å². The van der Waals surface area contributed by atoms with Gasteiger partial charge in [-0.15, -0.1) is 0 Å². The maximum absolute atomic E-state index is 10.2. The van der Waals surface area contributed by atoms with Crippen molar-refractivity contribution < 1.29 is 9.84 Å². The maximum Gasteiger partial charge on any atom is 0.166 e. The Morgan fingerprint density at radius 1 is 1.12 bits per heavy atom. The fourth-order valence-corrected chi connectivity index (χ4v) is 2.91. The van der Waals surface area contributed by atoms with Crippen LogP contribution >= 0.6 is 11.6 Å². The van der Waals surface area contributed by atoms with E-state index < -0.39 is 0 Å². The van der Waals surface area contributed by atoms with Gasteiger partial charge in [-0.3, -0.25) is 5.01 Å². The van der Waals surface area contributed by atoms with Crippen molar-refractivity contribution in [2.24, 2.45) is 5.10 Å². The van der Waals surface area contributed by atoms with Crippen LogP contribution in [0.25, 0.3) is 0 Å². The highest BCUT2D eigenvalue weighted by molar-refractivity contribution is 6.30. The summed E-state index contributed by atoms with van der Waals surface area (Å²) in [7, 11) is 0. The molecule has 0 saturated carbocycles. The van der Waals surface area contributed by atoms with Crippen LogP contribution in [0, 0.1) is 0 Å². The number of piperazine rings is 1. The average Bonchev–Trinajstić information content (AvgIpc) is 2.64. The standard InChI is InChI=1S/C19H22ClN3O2/c1-2-25-18-5-3-4-15(19(18)24)14-21-23-12-10-22(11-13-23)17-8-6-16(20)7-9-17/h3-9,14,24H,2,10-13H2,1H3. The maximum atomic E-state index is 10.2. The number of nitrogens with zero attached hydrogens (tertiary/aromatic N) is 3. The van der Waals surface area contributed by atoms with Gasteiger partial charge in [0.2, 0.25) is 0 Å². The van der Waals surface area contributed by atoms with Crippen molar-refractivity contribution in [2.45, 2.75) is 6.92 Å². The second kappa shape index (κ2) is 8.12. The van der Waals surface area contributed by atoms with E-state index in [0.717, 1.165) is 31.2 Å². The zero-order chi connectivity index (χ0) is 17.6. The normalized spacial score (nSPS) is 15.0. The second-order valence-corrected chi connectivity index (χ2v) is 6.23. The lowest BCUT2D eigenvalue weighted by Crippen LogP contribution is -2.44. The van der Waals surface area contributed by atoms with Crippen molar-refractivity contribution >= 4 is 23.5 Å². The first-order valence-corrected chi connectivity index (χ1v) is 8.79. The molecular weight excluding hydrogens is 338 g/mol.